The van der Waals surface area contributed by atoms with Gasteiger partial charge in [0.05, 0.1) is 25.0 Å². The number of hydrogen-bond donors (Lipinski definition) is 4. The summed E-state index contributed by atoms with van der Waals surface area (Å²) in [6.45, 7) is 2.61. The number of methoxy groups -OCH3 is 3. The maximum Gasteiger partial charge on any atom is 0.234 e. The average Bonchev–Trinajstić information content (AvgIpc) is 2.88. The molecule has 9 atom stereocenters. The number of quaternary nitrogens is 1. The maximum atomic E-state index is 13.5. The number of fused-ring (bicyclic) bond motifs is 2. The van der Waals surface area contributed by atoms with E-state index >= 15 is 0 Å². The predicted octanol–water partition coefficient (Wildman–Crippen LogP) is -0.957. The summed E-state index contributed by atoms with van der Waals surface area (Å²) >= 11 is 0. The van der Waals surface area contributed by atoms with E-state index < -0.39 is 5.92 Å². The highest BCUT2D eigenvalue weighted by Crippen LogP contribution is 2.31. The van der Waals surface area contributed by atoms with Crippen LogP contribution < -0.4 is 21.3 Å². The Hall–Kier alpha value is -1.30. The van der Waals surface area contributed by atoms with Gasteiger partial charge in [0.25, 0.3) is 0 Å². The first-order valence-corrected chi connectivity index (χ1v) is 13.5. The molecule has 1 aliphatic carbocycles. The zero-order chi connectivity index (χ0) is 24.9. The van der Waals surface area contributed by atoms with Crippen molar-refractivity contribution in [3.63, 3.8) is 0 Å². The fraction of sp³-hybridized carbons (Fsp3) is 0.920. The number of carbonyl (C=O) groups is 2. The van der Waals surface area contributed by atoms with Crippen LogP contribution >= 0.6 is 0 Å². The molecule has 10 nitrogen and oxygen atoms in total. The molecule has 200 valence electrons. The normalized spacial score (nSPS) is 39.6. The molecule has 3 aliphatic heterocycles. The molecule has 3 heterocycles. The van der Waals surface area contributed by atoms with E-state index in [1.807, 2.05) is 4.90 Å². The molecule has 10 heteroatoms. The number of hydrogen-bond acceptors (Lipinski definition) is 7. The largest absolute Gasteiger partial charge is 0.379 e. The molecule has 0 spiro atoms. The van der Waals surface area contributed by atoms with Gasteiger partial charge in [-0.15, -0.1) is 0 Å². The lowest BCUT2D eigenvalue weighted by Crippen LogP contribution is -3.26. The number of amides is 2. The van der Waals surface area contributed by atoms with Crippen molar-refractivity contribution in [1.82, 2.24) is 15.5 Å². The van der Waals surface area contributed by atoms with Gasteiger partial charge in [0.1, 0.15) is 18.4 Å². The van der Waals surface area contributed by atoms with E-state index in [1.165, 1.54) is 0 Å². The number of piperidine rings is 2. The first kappa shape index (κ1) is 26.8. The Bertz CT molecular complexity index is 726. The SMILES string of the molecule is COCC[NH+]1C(N)C(C(=O)NCCC2CCC(OC)C(OC)C2)CC2C(=O)N3CCCCC3NC21. The molecular formula is C25H46N5O5+. The molecule has 4 rings (SSSR count). The lowest BCUT2D eigenvalue weighted by atomic mass is 9.80. The summed E-state index contributed by atoms with van der Waals surface area (Å²) in [6.07, 6.45) is 7.45. The van der Waals surface area contributed by atoms with Crippen LogP contribution in [0.1, 0.15) is 51.4 Å². The monoisotopic (exact) mass is 496 g/mol. The van der Waals surface area contributed by atoms with E-state index in [0.29, 0.717) is 32.0 Å². The molecule has 35 heavy (non-hydrogen) atoms. The minimum absolute atomic E-state index is 0.0340. The van der Waals surface area contributed by atoms with Gasteiger partial charge in [-0.2, -0.15) is 0 Å². The van der Waals surface area contributed by atoms with Gasteiger partial charge < -0.3 is 29.3 Å². The van der Waals surface area contributed by atoms with Crippen molar-refractivity contribution in [1.29, 1.82) is 0 Å². The quantitative estimate of drug-likeness (QED) is 0.325. The maximum absolute atomic E-state index is 13.5. The molecule has 0 aromatic carbocycles. The van der Waals surface area contributed by atoms with Crippen LogP contribution in [0.5, 0.6) is 0 Å². The third kappa shape index (κ3) is 5.83. The topological polar surface area (TPSA) is 120 Å². The summed E-state index contributed by atoms with van der Waals surface area (Å²) in [4.78, 5) is 29.8. The zero-order valence-corrected chi connectivity index (χ0v) is 21.7. The number of carbonyl (C=O) groups excluding carboxylic acids is 2. The van der Waals surface area contributed by atoms with E-state index in [0.717, 1.165) is 56.4 Å². The highest BCUT2D eigenvalue weighted by molar-refractivity contribution is 5.83. The predicted molar refractivity (Wildman–Crippen MR) is 130 cm³/mol. The zero-order valence-electron chi connectivity index (χ0n) is 21.7. The molecular weight excluding hydrogens is 450 g/mol. The van der Waals surface area contributed by atoms with Gasteiger partial charge in [0.15, 0.2) is 12.3 Å². The number of rotatable bonds is 9. The summed E-state index contributed by atoms with van der Waals surface area (Å²) in [6, 6.07) is 0. The van der Waals surface area contributed by atoms with Crippen LogP contribution in [0.2, 0.25) is 0 Å². The summed E-state index contributed by atoms with van der Waals surface area (Å²) in [5.74, 6) is 0.0108. The van der Waals surface area contributed by atoms with Gasteiger partial charge in [-0.3, -0.25) is 15.3 Å². The molecule has 4 fully saturated rings. The second-order valence-electron chi connectivity index (χ2n) is 10.8. The van der Waals surface area contributed by atoms with Gasteiger partial charge in [0.2, 0.25) is 11.8 Å². The van der Waals surface area contributed by atoms with Crippen LogP contribution in [0, 0.1) is 17.8 Å². The molecule has 0 radical (unpaired) electrons. The Morgan fingerprint density at radius 1 is 1.14 bits per heavy atom. The molecule has 1 saturated carbocycles. The molecule has 0 aromatic heterocycles. The highest BCUT2D eigenvalue weighted by atomic mass is 16.5. The molecule has 0 bridgehead atoms. The van der Waals surface area contributed by atoms with Crippen LogP contribution in [0.15, 0.2) is 0 Å². The Kier molecular flexibility index (Phi) is 9.40. The van der Waals surface area contributed by atoms with Crippen molar-refractivity contribution in [3.8, 4) is 0 Å². The second kappa shape index (κ2) is 12.3. The van der Waals surface area contributed by atoms with Gasteiger partial charge in [-0.1, -0.05) is 0 Å². The second-order valence-corrected chi connectivity index (χ2v) is 10.8. The lowest BCUT2D eigenvalue weighted by Gasteiger charge is -2.52. The van der Waals surface area contributed by atoms with Gasteiger partial charge >= 0.3 is 0 Å². The number of nitrogens with two attached hydrogens (primary N) is 1. The molecule has 9 unspecified atom stereocenters. The smallest absolute Gasteiger partial charge is 0.234 e. The third-order valence-corrected chi connectivity index (χ3v) is 8.88. The summed E-state index contributed by atoms with van der Waals surface area (Å²) in [5, 5.41) is 6.87. The molecule has 3 saturated heterocycles. The minimum Gasteiger partial charge on any atom is -0.379 e. The van der Waals surface area contributed by atoms with E-state index in [-0.39, 0.29) is 48.4 Å². The van der Waals surface area contributed by atoms with Crippen molar-refractivity contribution in [2.24, 2.45) is 23.5 Å². The standard InChI is InChI=1S/C25H45N5O5/c1-33-13-12-30-22(26)17(15-18-23(30)28-21-6-4-5-11-29(21)25(18)32)24(31)27-10-9-16-7-8-19(34-2)20(14-16)35-3/h16-23,28H,4-15,26H2,1-3H3,(H,27,31)/p+1. The fourth-order valence-corrected chi connectivity index (χ4v) is 6.84. The molecule has 0 aromatic rings. The van der Waals surface area contributed by atoms with E-state index in [1.54, 1.807) is 21.3 Å². The van der Waals surface area contributed by atoms with Crippen molar-refractivity contribution < 1.29 is 28.7 Å². The van der Waals surface area contributed by atoms with Crippen molar-refractivity contribution >= 4 is 11.8 Å². The van der Waals surface area contributed by atoms with E-state index in [9.17, 15) is 9.59 Å². The van der Waals surface area contributed by atoms with Gasteiger partial charge in [-0.25, -0.2) is 5.32 Å². The molecule has 2 amide bonds. The Labute approximate surface area is 209 Å². The van der Waals surface area contributed by atoms with Crippen LogP contribution in [0.3, 0.4) is 0 Å². The van der Waals surface area contributed by atoms with Crippen molar-refractivity contribution in [2.45, 2.75) is 82.1 Å². The van der Waals surface area contributed by atoms with Gasteiger partial charge in [0, 0.05) is 34.4 Å². The van der Waals surface area contributed by atoms with Gasteiger partial charge in [-0.05, 0) is 57.3 Å². The van der Waals surface area contributed by atoms with E-state index in [2.05, 4.69) is 10.6 Å². The Balaban J connectivity index is 1.37. The van der Waals surface area contributed by atoms with Crippen LogP contribution in [0.25, 0.3) is 0 Å². The summed E-state index contributed by atoms with van der Waals surface area (Å²) in [5.41, 5.74) is 6.72. The number of nitrogens with zero attached hydrogens (tertiary/aromatic N) is 1. The molecule has 4 aliphatic rings. The van der Waals surface area contributed by atoms with E-state index in [4.69, 9.17) is 19.9 Å². The molecule has 5 N–H and O–H groups in total. The Morgan fingerprint density at radius 2 is 1.94 bits per heavy atom. The summed E-state index contributed by atoms with van der Waals surface area (Å²) in [7, 11) is 5.15. The lowest BCUT2D eigenvalue weighted by molar-refractivity contribution is -0.965. The highest BCUT2D eigenvalue weighted by Gasteiger charge is 2.55. The van der Waals surface area contributed by atoms with Crippen molar-refractivity contribution in [2.75, 3.05) is 47.6 Å². The average molecular weight is 497 g/mol. The van der Waals surface area contributed by atoms with Crippen molar-refractivity contribution in [3.05, 3.63) is 0 Å². The van der Waals surface area contributed by atoms with Crippen LogP contribution in [-0.2, 0) is 23.8 Å². The van der Waals surface area contributed by atoms with Crippen LogP contribution in [-0.4, -0.2) is 95.0 Å². The van der Waals surface area contributed by atoms with Crippen LogP contribution in [0.4, 0.5) is 0 Å². The summed E-state index contributed by atoms with van der Waals surface area (Å²) < 4.78 is 16.5. The number of ether oxygens (including phenoxy) is 3. The first-order chi connectivity index (χ1) is 17.0. The third-order valence-electron chi connectivity index (χ3n) is 8.88. The Morgan fingerprint density at radius 3 is 2.69 bits per heavy atom. The number of likely N-dealkylation sites (tertiary alicyclic amines) is 1. The minimum atomic E-state index is -0.397. The number of nitrogens with one attached hydrogen (secondary N) is 3. The fourth-order valence-electron chi connectivity index (χ4n) is 6.84. The first-order valence-electron chi connectivity index (χ1n) is 13.5.